The van der Waals surface area contributed by atoms with Crippen molar-refractivity contribution in [3.63, 3.8) is 0 Å². The molecule has 74 valence electrons. The third-order valence-corrected chi connectivity index (χ3v) is 1.44. The molecule has 0 aliphatic carbocycles. The van der Waals surface area contributed by atoms with Crippen molar-refractivity contribution in [1.29, 1.82) is 0 Å². The first-order valence-corrected chi connectivity index (χ1v) is 4.06. The van der Waals surface area contributed by atoms with Crippen LogP contribution in [0.25, 0.3) is 0 Å². The molecule has 0 amide bonds. The molecule has 1 aliphatic heterocycles. The minimum atomic E-state index is -0.703. The molecular formula is C7H12N2O4. The van der Waals surface area contributed by atoms with Gasteiger partial charge in [-0.1, -0.05) is 5.17 Å². The molecule has 0 saturated heterocycles. The molecule has 0 fully saturated rings. The summed E-state index contributed by atoms with van der Waals surface area (Å²) in [5, 5.41) is 21.4. The van der Waals surface area contributed by atoms with Gasteiger partial charge in [0.25, 0.3) is 0 Å². The average Bonchev–Trinajstić information content (AvgIpc) is 2.36. The first kappa shape index (κ1) is 9.82. The summed E-state index contributed by atoms with van der Waals surface area (Å²) in [6, 6.07) is 0. The smallest absolute Gasteiger partial charge is 0.442 e. The van der Waals surface area contributed by atoms with E-state index >= 15 is 0 Å². The molecule has 13 heavy (non-hydrogen) atoms. The summed E-state index contributed by atoms with van der Waals surface area (Å²) in [6.07, 6.45) is 1.31. The van der Waals surface area contributed by atoms with Crippen LogP contribution in [-0.2, 0) is 9.47 Å². The predicted octanol–water partition coefficient (Wildman–Crippen LogP) is -0.879. The van der Waals surface area contributed by atoms with Crippen LogP contribution in [0.4, 0.5) is 0 Å². The zero-order valence-electron chi connectivity index (χ0n) is 7.57. The van der Waals surface area contributed by atoms with E-state index in [1.54, 1.807) is 13.8 Å². The molecule has 1 aliphatic rings. The molecular weight excluding hydrogens is 176 g/mol. The highest BCUT2D eigenvalue weighted by Crippen LogP contribution is 1.96. The van der Waals surface area contributed by atoms with Crippen molar-refractivity contribution in [2.45, 2.75) is 13.8 Å². The third kappa shape index (κ3) is 1.90. The van der Waals surface area contributed by atoms with E-state index in [2.05, 4.69) is 0 Å². The standard InChI is InChI=1S/C7H12N2O4/c1-3-12-6-5-7(13-4-2)9(11)8(6)10/h5,8H,3-4H2,1-2H3. The highest BCUT2D eigenvalue weighted by Gasteiger charge is 2.31. The second-order valence-electron chi connectivity index (χ2n) is 2.31. The van der Waals surface area contributed by atoms with Gasteiger partial charge in [0.1, 0.15) is 0 Å². The molecule has 0 aromatic carbocycles. The number of rotatable bonds is 3. The van der Waals surface area contributed by atoms with Crippen molar-refractivity contribution in [2.24, 2.45) is 0 Å². The Hall–Kier alpha value is -1.27. The van der Waals surface area contributed by atoms with Gasteiger partial charge in [0.2, 0.25) is 0 Å². The molecule has 1 N–H and O–H groups in total. The first-order valence-electron chi connectivity index (χ1n) is 4.06. The van der Waals surface area contributed by atoms with Gasteiger partial charge in [-0.3, -0.25) is 0 Å². The molecule has 1 unspecified atom stereocenters. The molecule has 0 saturated carbocycles. The van der Waals surface area contributed by atoms with E-state index < -0.39 is 5.17 Å². The normalized spacial score (nSPS) is 21.8. The molecule has 6 nitrogen and oxygen atoms in total. The van der Waals surface area contributed by atoms with Gasteiger partial charge in [-0.05, 0) is 13.8 Å². The van der Waals surface area contributed by atoms with Crippen LogP contribution < -0.4 is 5.17 Å². The fourth-order valence-corrected chi connectivity index (χ4v) is 0.940. The first-order chi connectivity index (χ1) is 6.20. The molecule has 0 spiro atoms. The lowest BCUT2D eigenvalue weighted by Gasteiger charge is -2.14. The SMILES string of the molecule is CCOC1=CC(OCC)=[N+]([O-])[NH+]1[O-]. The number of nitrogens with zero attached hydrogens (tertiary/aromatic N) is 1. The fraction of sp³-hybridized carbons (Fsp3) is 0.571. The fourth-order valence-electron chi connectivity index (χ4n) is 0.940. The Labute approximate surface area is 75.8 Å². The molecule has 1 heterocycles. The number of hydrogen-bond donors (Lipinski definition) is 1. The third-order valence-electron chi connectivity index (χ3n) is 1.44. The van der Waals surface area contributed by atoms with Crippen LogP contribution in [0.5, 0.6) is 0 Å². The largest absolute Gasteiger partial charge is 0.567 e. The second kappa shape index (κ2) is 4.11. The van der Waals surface area contributed by atoms with Crippen molar-refractivity contribution in [2.75, 3.05) is 13.2 Å². The topological polar surface area (TPSA) is 72.0 Å². The molecule has 0 bridgehead atoms. The lowest BCUT2D eigenvalue weighted by molar-refractivity contribution is -1.27. The van der Waals surface area contributed by atoms with Gasteiger partial charge >= 0.3 is 11.8 Å². The Morgan fingerprint density at radius 3 is 2.54 bits per heavy atom. The summed E-state index contributed by atoms with van der Waals surface area (Å²) in [4.78, 5) is 0.189. The second-order valence-corrected chi connectivity index (χ2v) is 2.31. The molecule has 1 rings (SSSR count). The van der Waals surface area contributed by atoms with Gasteiger partial charge in [-0.2, -0.15) is 0 Å². The zero-order chi connectivity index (χ0) is 9.84. The number of hydroxylamine groups is 1. The van der Waals surface area contributed by atoms with E-state index in [1.807, 2.05) is 0 Å². The Balaban J connectivity index is 2.70. The molecule has 0 radical (unpaired) electrons. The van der Waals surface area contributed by atoms with Crippen molar-refractivity contribution < 1.29 is 19.5 Å². The molecule has 0 aromatic heterocycles. The van der Waals surface area contributed by atoms with Crippen molar-refractivity contribution in [3.05, 3.63) is 22.4 Å². The lowest BCUT2D eigenvalue weighted by atomic mass is 10.6. The molecule has 6 heteroatoms. The van der Waals surface area contributed by atoms with Crippen LogP contribution in [0, 0.1) is 10.4 Å². The number of nitrogens with one attached hydrogen (secondary N) is 1. The van der Waals surface area contributed by atoms with E-state index in [4.69, 9.17) is 9.47 Å². The highest BCUT2D eigenvalue weighted by molar-refractivity contribution is 5.83. The monoisotopic (exact) mass is 188 g/mol. The Bertz CT molecular complexity index is 249. The van der Waals surface area contributed by atoms with Gasteiger partial charge in [0.15, 0.2) is 6.08 Å². The number of ether oxygens (including phenoxy) is 2. The van der Waals surface area contributed by atoms with Crippen LogP contribution >= 0.6 is 0 Å². The van der Waals surface area contributed by atoms with Crippen molar-refractivity contribution in [1.82, 2.24) is 0 Å². The van der Waals surface area contributed by atoms with Crippen molar-refractivity contribution >= 4 is 5.90 Å². The van der Waals surface area contributed by atoms with Gasteiger partial charge in [0.05, 0.1) is 13.2 Å². The average molecular weight is 188 g/mol. The summed E-state index contributed by atoms with van der Waals surface area (Å²) in [5.41, 5.74) is 0. The van der Waals surface area contributed by atoms with Gasteiger partial charge in [0, 0.05) is 4.85 Å². The van der Waals surface area contributed by atoms with Crippen LogP contribution in [0.2, 0.25) is 0 Å². The minimum Gasteiger partial charge on any atom is -0.567 e. The summed E-state index contributed by atoms with van der Waals surface area (Å²) < 4.78 is 9.85. The minimum absolute atomic E-state index is 0.00375. The van der Waals surface area contributed by atoms with E-state index in [1.165, 1.54) is 6.08 Å². The number of quaternary nitrogens is 1. The maximum absolute atomic E-state index is 11.1. The summed E-state index contributed by atoms with van der Waals surface area (Å²) >= 11 is 0. The van der Waals surface area contributed by atoms with E-state index in [9.17, 15) is 10.4 Å². The van der Waals surface area contributed by atoms with Crippen LogP contribution in [-0.4, -0.2) is 24.0 Å². The van der Waals surface area contributed by atoms with Crippen LogP contribution in [0.15, 0.2) is 12.0 Å². The van der Waals surface area contributed by atoms with E-state index in [-0.39, 0.29) is 16.6 Å². The predicted molar refractivity (Wildman–Crippen MR) is 44.3 cm³/mol. The van der Waals surface area contributed by atoms with E-state index in [0.717, 1.165) is 0 Å². The Kier molecular flexibility index (Phi) is 3.10. The van der Waals surface area contributed by atoms with Crippen molar-refractivity contribution in [3.8, 4) is 0 Å². The lowest BCUT2D eigenvalue weighted by Crippen LogP contribution is -3.08. The summed E-state index contributed by atoms with van der Waals surface area (Å²) in [6.45, 7) is 4.17. The molecule has 1 atom stereocenters. The highest BCUT2D eigenvalue weighted by atomic mass is 16.7. The maximum Gasteiger partial charge on any atom is 0.442 e. The Morgan fingerprint density at radius 2 is 2.00 bits per heavy atom. The van der Waals surface area contributed by atoms with Crippen LogP contribution in [0.3, 0.4) is 0 Å². The van der Waals surface area contributed by atoms with Gasteiger partial charge in [-0.15, -0.1) is 0 Å². The quantitative estimate of drug-likeness (QED) is 0.461. The maximum atomic E-state index is 11.1. The number of hydrogen-bond acceptors (Lipinski definition) is 4. The molecule has 0 aromatic rings. The van der Waals surface area contributed by atoms with Crippen LogP contribution in [0.1, 0.15) is 13.8 Å². The summed E-state index contributed by atoms with van der Waals surface area (Å²) in [5.74, 6) is 0.0388. The van der Waals surface area contributed by atoms with Gasteiger partial charge in [-0.25, -0.2) is 0 Å². The Morgan fingerprint density at radius 1 is 1.38 bits per heavy atom. The van der Waals surface area contributed by atoms with Gasteiger partial charge < -0.3 is 19.9 Å². The zero-order valence-corrected chi connectivity index (χ0v) is 7.57. The van der Waals surface area contributed by atoms with E-state index in [0.29, 0.717) is 13.2 Å². The summed E-state index contributed by atoms with van der Waals surface area (Å²) in [7, 11) is 0.